The van der Waals surface area contributed by atoms with Crippen LogP contribution in [0.3, 0.4) is 0 Å². The number of aryl methyl sites for hydroxylation is 3. The first kappa shape index (κ1) is 14.9. The van der Waals surface area contributed by atoms with Crippen molar-refractivity contribution >= 4 is 0 Å². The number of hydrogen-bond donors (Lipinski definition) is 1. The number of rotatable bonds is 6. The lowest BCUT2D eigenvalue weighted by atomic mass is 9.95. The molecule has 1 unspecified atom stereocenters. The molecule has 0 aliphatic carbocycles. The summed E-state index contributed by atoms with van der Waals surface area (Å²) in [5.41, 5.74) is 4.14. The van der Waals surface area contributed by atoms with Crippen LogP contribution in [0.15, 0.2) is 34.7 Å². The zero-order valence-corrected chi connectivity index (χ0v) is 13.0. The van der Waals surface area contributed by atoms with Crippen LogP contribution in [0.1, 0.15) is 47.6 Å². The molecular weight excluding hydrogens is 246 g/mol. The summed E-state index contributed by atoms with van der Waals surface area (Å²) >= 11 is 0. The highest BCUT2D eigenvalue weighted by molar-refractivity contribution is 5.34. The summed E-state index contributed by atoms with van der Waals surface area (Å²) in [4.78, 5) is 0. The van der Waals surface area contributed by atoms with E-state index < -0.39 is 0 Å². The molecule has 0 spiro atoms. The fourth-order valence-electron chi connectivity index (χ4n) is 2.61. The molecule has 108 valence electrons. The Bertz CT molecular complexity index is 536. The van der Waals surface area contributed by atoms with Crippen LogP contribution >= 0.6 is 0 Å². The lowest BCUT2D eigenvalue weighted by Crippen LogP contribution is -2.24. The second kappa shape index (κ2) is 6.76. The summed E-state index contributed by atoms with van der Waals surface area (Å²) in [5.74, 6) is 2.02. The topological polar surface area (TPSA) is 25.2 Å². The van der Waals surface area contributed by atoms with Gasteiger partial charge in [-0.2, -0.15) is 0 Å². The van der Waals surface area contributed by atoms with Gasteiger partial charge in [-0.3, -0.25) is 0 Å². The maximum absolute atomic E-state index is 5.83. The Morgan fingerprint density at radius 1 is 1.05 bits per heavy atom. The molecule has 0 bridgehead atoms. The van der Waals surface area contributed by atoms with Gasteiger partial charge in [-0.15, -0.1) is 0 Å². The molecule has 0 radical (unpaired) electrons. The van der Waals surface area contributed by atoms with Crippen molar-refractivity contribution in [2.75, 3.05) is 6.54 Å². The Balaban J connectivity index is 2.23. The second-order valence-corrected chi connectivity index (χ2v) is 5.53. The summed E-state index contributed by atoms with van der Waals surface area (Å²) in [7, 11) is 0. The molecule has 0 aliphatic rings. The Hall–Kier alpha value is -1.54. The van der Waals surface area contributed by atoms with E-state index in [4.69, 9.17) is 4.42 Å². The van der Waals surface area contributed by atoms with Crippen molar-refractivity contribution in [1.29, 1.82) is 0 Å². The van der Waals surface area contributed by atoms with Crippen molar-refractivity contribution in [2.45, 2.75) is 46.6 Å². The lowest BCUT2D eigenvalue weighted by molar-refractivity contribution is 0.398. The van der Waals surface area contributed by atoms with Crippen LogP contribution in [-0.2, 0) is 6.42 Å². The van der Waals surface area contributed by atoms with Crippen molar-refractivity contribution < 1.29 is 4.42 Å². The predicted octanol–water partition coefficient (Wildman–Crippen LogP) is 4.49. The monoisotopic (exact) mass is 271 g/mol. The minimum atomic E-state index is 0.253. The molecular formula is C18H25NO. The van der Waals surface area contributed by atoms with Crippen molar-refractivity contribution in [3.63, 3.8) is 0 Å². The van der Waals surface area contributed by atoms with E-state index in [9.17, 15) is 0 Å². The summed E-state index contributed by atoms with van der Waals surface area (Å²) < 4.78 is 5.83. The molecule has 0 fully saturated rings. The Morgan fingerprint density at radius 2 is 1.75 bits per heavy atom. The highest BCUT2D eigenvalue weighted by Gasteiger charge is 2.17. The van der Waals surface area contributed by atoms with Crippen molar-refractivity contribution in [3.8, 4) is 0 Å². The zero-order valence-electron chi connectivity index (χ0n) is 13.0. The Labute approximate surface area is 122 Å². The van der Waals surface area contributed by atoms with Crippen LogP contribution in [0.25, 0.3) is 0 Å². The minimum Gasteiger partial charge on any atom is -0.465 e. The van der Waals surface area contributed by atoms with Gasteiger partial charge in [-0.25, -0.2) is 0 Å². The van der Waals surface area contributed by atoms with E-state index in [1.165, 1.54) is 16.7 Å². The molecule has 1 heterocycles. The third kappa shape index (κ3) is 3.51. The third-order valence-corrected chi connectivity index (χ3v) is 3.80. The quantitative estimate of drug-likeness (QED) is 0.837. The number of benzene rings is 1. The first-order chi connectivity index (χ1) is 9.61. The molecule has 20 heavy (non-hydrogen) atoms. The van der Waals surface area contributed by atoms with Gasteiger partial charge in [-0.05, 0) is 69.0 Å². The van der Waals surface area contributed by atoms with E-state index in [1.807, 2.05) is 13.0 Å². The standard InChI is InChI=1S/C18H25NO/c1-5-11-19-17(18-10-9-15(4)20-18)12-16-13(2)7-6-8-14(16)3/h6-10,17,19H,5,11-12H2,1-4H3. The highest BCUT2D eigenvalue weighted by Crippen LogP contribution is 2.24. The van der Waals surface area contributed by atoms with Crippen LogP contribution in [-0.4, -0.2) is 6.54 Å². The first-order valence-corrected chi connectivity index (χ1v) is 7.46. The summed E-state index contributed by atoms with van der Waals surface area (Å²) in [5, 5.41) is 3.61. The second-order valence-electron chi connectivity index (χ2n) is 5.53. The van der Waals surface area contributed by atoms with Crippen molar-refractivity contribution in [2.24, 2.45) is 0 Å². The molecule has 1 N–H and O–H groups in total. The summed E-state index contributed by atoms with van der Waals surface area (Å²) in [6, 6.07) is 10.9. The molecule has 2 rings (SSSR count). The molecule has 0 saturated heterocycles. The molecule has 2 aromatic rings. The predicted molar refractivity (Wildman–Crippen MR) is 84.1 cm³/mol. The van der Waals surface area contributed by atoms with Crippen molar-refractivity contribution in [3.05, 3.63) is 58.5 Å². The molecule has 1 aromatic heterocycles. The van der Waals surface area contributed by atoms with Gasteiger partial charge in [0, 0.05) is 0 Å². The first-order valence-electron chi connectivity index (χ1n) is 7.46. The maximum atomic E-state index is 5.83. The Kier molecular flexibility index (Phi) is 5.02. The zero-order chi connectivity index (χ0) is 14.5. The molecule has 1 atom stereocenters. The van der Waals surface area contributed by atoms with Crippen LogP contribution in [0.4, 0.5) is 0 Å². The van der Waals surface area contributed by atoms with E-state index in [-0.39, 0.29) is 6.04 Å². The average molecular weight is 271 g/mol. The van der Waals surface area contributed by atoms with E-state index >= 15 is 0 Å². The molecule has 2 heteroatoms. The highest BCUT2D eigenvalue weighted by atomic mass is 16.3. The van der Waals surface area contributed by atoms with E-state index in [0.717, 1.165) is 30.9 Å². The van der Waals surface area contributed by atoms with E-state index in [1.54, 1.807) is 0 Å². The van der Waals surface area contributed by atoms with Crippen molar-refractivity contribution in [1.82, 2.24) is 5.32 Å². The van der Waals surface area contributed by atoms with Crippen LogP contribution < -0.4 is 5.32 Å². The SMILES string of the molecule is CCCNC(Cc1c(C)cccc1C)c1ccc(C)o1. The molecule has 0 amide bonds. The van der Waals surface area contributed by atoms with Gasteiger partial charge in [0.15, 0.2) is 0 Å². The van der Waals surface area contributed by atoms with Gasteiger partial charge in [0.1, 0.15) is 11.5 Å². The smallest absolute Gasteiger partial charge is 0.121 e. The van der Waals surface area contributed by atoms with E-state index in [2.05, 4.69) is 50.4 Å². The Morgan fingerprint density at radius 3 is 2.30 bits per heavy atom. The fourth-order valence-corrected chi connectivity index (χ4v) is 2.61. The van der Waals surface area contributed by atoms with E-state index in [0.29, 0.717) is 0 Å². The van der Waals surface area contributed by atoms with Crippen LogP contribution in [0.5, 0.6) is 0 Å². The van der Waals surface area contributed by atoms with Gasteiger partial charge >= 0.3 is 0 Å². The van der Waals surface area contributed by atoms with Crippen LogP contribution in [0.2, 0.25) is 0 Å². The molecule has 1 aromatic carbocycles. The van der Waals surface area contributed by atoms with Gasteiger partial charge in [0.25, 0.3) is 0 Å². The van der Waals surface area contributed by atoms with Gasteiger partial charge in [0.2, 0.25) is 0 Å². The van der Waals surface area contributed by atoms with Gasteiger partial charge in [-0.1, -0.05) is 25.1 Å². The fraction of sp³-hybridized carbons (Fsp3) is 0.444. The number of nitrogens with one attached hydrogen (secondary N) is 1. The lowest BCUT2D eigenvalue weighted by Gasteiger charge is -2.19. The minimum absolute atomic E-state index is 0.253. The normalized spacial score (nSPS) is 12.6. The summed E-state index contributed by atoms with van der Waals surface area (Å²) in [6.45, 7) is 9.57. The maximum Gasteiger partial charge on any atom is 0.121 e. The van der Waals surface area contributed by atoms with Gasteiger partial charge in [0.05, 0.1) is 6.04 Å². The van der Waals surface area contributed by atoms with Crippen LogP contribution in [0, 0.1) is 20.8 Å². The third-order valence-electron chi connectivity index (χ3n) is 3.80. The molecule has 2 nitrogen and oxygen atoms in total. The average Bonchev–Trinajstić information content (AvgIpc) is 2.84. The molecule has 0 saturated carbocycles. The largest absolute Gasteiger partial charge is 0.465 e. The summed E-state index contributed by atoms with van der Waals surface area (Å²) in [6.07, 6.45) is 2.11. The molecule has 0 aliphatic heterocycles. The number of furan rings is 1. The van der Waals surface area contributed by atoms with Gasteiger partial charge < -0.3 is 9.73 Å². The number of hydrogen-bond acceptors (Lipinski definition) is 2.